The maximum Gasteiger partial charge on any atom is 0.259 e. The molecule has 26 heavy (non-hydrogen) atoms. The van der Waals surface area contributed by atoms with E-state index >= 15 is 0 Å². The van der Waals surface area contributed by atoms with E-state index in [1.54, 1.807) is 26.3 Å². The van der Waals surface area contributed by atoms with Crippen LogP contribution >= 0.6 is 22.9 Å². The molecule has 0 aliphatic heterocycles. The van der Waals surface area contributed by atoms with Crippen molar-refractivity contribution in [1.82, 2.24) is 4.98 Å². The van der Waals surface area contributed by atoms with Gasteiger partial charge in [-0.05, 0) is 37.3 Å². The number of hydrogen-bond donors (Lipinski definition) is 2. The number of amides is 1. The highest BCUT2D eigenvalue weighted by Gasteiger charge is 2.15. The molecule has 2 aromatic carbocycles. The molecule has 0 aliphatic rings. The van der Waals surface area contributed by atoms with Gasteiger partial charge in [0.05, 0.1) is 23.4 Å². The van der Waals surface area contributed by atoms with Crippen LogP contribution in [0, 0.1) is 6.92 Å². The fourth-order valence-electron chi connectivity index (χ4n) is 2.50. The summed E-state index contributed by atoms with van der Waals surface area (Å²) in [6.07, 6.45) is 0. The van der Waals surface area contributed by atoms with Gasteiger partial charge in [0.15, 0.2) is 5.13 Å². The molecule has 0 radical (unpaired) electrons. The first kappa shape index (κ1) is 18.2. The predicted molar refractivity (Wildman–Crippen MR) is 108 cm³/mol. The van der Waals surface area contributed by atoms with Crippen LogP contribution in [0.3, 0.4) is 0 Å². The second-order valence-electron chi connectivity index (χ2n) is 5.64. The van der Waals surface area contributed by atoms with Crippen molar-refractivity contribution in [1.29, 1.82) is 0 Å². The summed E-state index contributed by atoms with van der Waals surface area (Å²) in [5.74, 6) is 0.438. The Morgan fingerprint density at radius 2 is 2.04 bits per heavy atom. The van der Waals surface area contributed by atoms with E-state index in [0.29, 0.717) is 15.7 Å². The number of thiazole rings is 1. The van der Waals surface area contributed by atoms with E-state index in [2.05, 4.69) is 15.6 Å². The Morgan fingerprint density at radius 3 is 2.77 bits per heavy atom. The molecule has 3 rings (SSSR count). The van der Waals surface area contributed by atoms with Crippen molar-refractivity contribution in [2.75, 3.05) is 24.8 Å². The average molecular weight is 388 g/mol. The van der Waals surface area contributed by atoms with Gasteiger partial charge in [-0.3, -0.25) is 10.1 Å². The maximum atomic E-state index is 12.5. The van der Waals surface area contributed by atoms with Crippen molar-refractivity contribution in [3.05, 3.63) is 57.9 Å². The third kappa shape index (κ3) is 3.81. The van der Waals surface area contributed by atoms with E-state index < -0.39 is 0 Å². The summed E-state index contributed by atoms with van der Waals surface area (Å²) in [4.78, 5) is 17.1. The number of nitrogens with one attached hydrogen (secondary N) is 2. The minimum absolute atomic E-state index is 0.302. The summed E-state index contributed by atoms with van der Waals surface area (Å²) in [5, 5.41) is 8.57. The molecule has 0 fully saturated rings. The first-order valence-electron chi connectivity index (χ1n) is 7.91. The van der Waals surface area contributed by atoms with Gasteiger partial charge in [0.25, 0.3) is 5.91 Å². The Kier molecular flexibility index (Phi) is 5.44. The highest BCUT2D eigenvalue weighted by Crippen LogP contribution is 2.33. The van der Waals surface area contributed by atoms with Crippen LogP contribution < -0.4 is 15.4 Å². The van der Waals surface area contributed by atoms with Gasteiger partial charge in [0.1, 0.15) is 5.75 Å². The van der Waals surface area contributed by atoms with Crippen molar-refractivity contribution in [2.24, 2.45) is 0 Å². The number of methoxy groups -OCH3 is 1. The van der Waals surface area contributed by atoms with Gasteiger partial charge in [0.2, 0.25) is 0 Å². The number of aryl methyl sites for hydroxylation is 1. The number of benzene rings is 2. The number of ether oxygens (including phenoxy) is 1. The number of aromatic nitrogens is 1. The molecule has 0 spiro atoms. The molecule has 3 aromatic rings. The van der Waals surface area contributed by atoms with E-state index in [1.165, 1.54) is 11.3 Å². The summed E-state index contributed by atoms with van der Waals surface area (Å²) in [6.45, 7) is 2.01. The molecule has 0 saturated heterocycles. The van der Waals surface area contributed by atoms with Crippen LogP contribution in [0.1, 0.15) is 15.9 Å². The molecule has 0 bridgehead atoms. The van der Waals surface area contributed by atoms with Gasteiger partial charge < -0.3 is 10.1 Å². The minimum atomic E-state index is -0.302. The lowest BCUT2D eigenvalue weighted by Gasteiger charge is -2.08. The van der Waals surface area contributed by atoms with E-state index in [4.69, 9.17) is 16.3 Å². The smallest absolute Gasteiger partial charge is 0.259 e. The summed E-state index contributed by atoms with van der Waals surface area (Å²) in [7, 11) is 3.41. The zero-order valence-corrected chi connectivity index (χ0v) is 16.2. The first-order chi connectivity index (χ1) is 12.5. The minimum Gasteiger partial charge on any atom is -0.496 e. The van der Waals surface area contributed by atoms with Crippen LogP contribution in [0.4, 0.5) is 10.8 Å². The standard InChI is InChI=1S/C19H18ClN3O2S/c1-11-4-7-17(25-3)14(8-11)16-10-26-19(22-16)23-18(24)13-9-12(21-2)5-6-15(13)20/h4-10,21H,1-3H3,(H,22,23,24). The SMILES string of the molecule is CNc1ccc(Cl)c(C(=O)Nc2nc(-c3cc(C)ccc3OC)cs2)c1. The predicted octanol–water partition coefficient (Wildman–Crippen LogP) is 5.07. The topological polar surface area (TPSA) is 63.2 Å². The molecular weight excluding hydrogens is 370 g/mol. The fraction of sp³-hybridized carbons (Fsp3) is 0.158. The number of anilines is 2. The summed E-state index contributed by atoms with van der Waals surface area (Å²) in [6, 6.07) is 11.1. The monoisotopic (exact) mass is 387 g/mol. The molecule has 0 saturated carbocycles. The van der Waals surface area contributed by atoms with Crippen LogP contribution in [-0.2, 0) is 0 Å². The van der Waals surface area contributed by atoms with Gasteiger partial charge in [-0.15, -0.1) is 11.3 Å². The zero-order valence-electron chi connectivity index (χ0n) is 14.6. The lowest BCUT2D eigenvalue weighted by atomic mass is 10.1. The lowest BCUT2D eigenvalue weighted by molar-refractivity contribution is 0.102. The molecule has 1 aromatic heterocycles. The number of carbonyl (C=O) groups is 1. The van der Waals surface area contributed by atoms with Gasteiger partial charge >= 0.3 is 0 Å². The molecule has 0 aliphatic carbocycles. The molecule has 134 valence electrons. The lowest BCUT2D eigenvalue weighted by Crippen LogP contribution is -2.12. The quantitative estimate of drug-likeness (QED) is 0.641. The second kappa shape index (κ2) is 7.76. The second-order valence-corrected chi connectivity index (χ2v) is 6.91. The van der Waals surface area contributed by atoms with Gasteiger partial charge in [0, 0.05) is 23.7 Å². The van der Waals surface area contributed by atoms with Crippen molar-refractivity contribution >= 4 is 39.7 Å². The highest BCUT2D eigenvalue weighted by molar-refractivity contribution is 7.14. The summed E-state index contributed by atoms with van der Waals surface area (Å²) < 4.78 is 5.41. The van der Waals surface area contributed by atoms with Crippen molar-refractivity contribution in [3.63, 3.8) is 0 Å². The largest absolute Gasteiger partial charge is 0.496 e. The molecule has 0 atom stereocenters. The normalized spacial score (nSPS) is 10.5. The van der Waals surface area contributed by atoms with E-state index in [0.717, 1.165) is 28.3 Å². The van der Waals surface area contributed by atoms with Crippen LogP contribution in [0.25, 0.3) is 11.3 Å². The molecule has 0 unspecified atom stereocenters. The average Bonchev–Trinajstić information content (AvgIpc) is 3.10. The third-order valence-corrected chi connectivity index (χ3v) is 4.94. The first-order valence-corrected chi connectivity index (χ1v) is 9.16. The van der Waals surface area contributed by atoms with Crippen molar-refractivity contribution in [2.45, 2.75) is 6.92 Å². The van der Waals surface area contributed by atoms with E-state index in [9.17, 15) is 4.79 Å². The Bertz CT molecular complexity index is 956. The Labute approximate surface area is 161 Å². The van der Waals surface area contributed by atoms with Gasteiger partial charge in [-0.1, -0.05) is 23.2 Å². The van der Waals surface area contributed by atoms with Gasteiger partial charge in [-0.2, -0.15) is 0 Å². The molecule has 2 N–H and O–H groups in total. The van der Waals surface area contributed by atoms with Crippen LogP contribution in [0.15, 0.2) is 41.8 Å². The number of carbonyl (C=O) groups excluding carboxylic acids is 1. The summed E-state index contributed by atoms with van der Waals surface area (Å²) in [5.41, 5.74) is 3.95. The number of nitrogens with zero attached hydrogens (tertiary/aromatic N) is 1. The molecule has 7 heteroatoms. The summed E-state index contributed by atoms with van der Waals surface area (Å²) >= 11 is 7.50. The molecule has 5 nitrogen and oxygen atoms in total. The number of rotatable bonds is 5. The van der Waals surface area contributed by atoms with Crippen LogP contribution in [0.5, 0.6) is 5.75 Å². The Hall–Kier alpha value is -2.57. The zero-order chi connectivity index (χ0) is 18.7. The Morgan fingerprint density at radius 1 is 1.23 bits per heavy atom. The fourth-order valence-corrected chi connectivity index (χ4v) is 3.41. The third-order valence-electron chi connectivity index (χ3n) is 3.86. The number of hydrogen-bond acceptors (Lipinski definition) is 5. The van der Waals surface area contributed by atoms with Crippen LogP contribution in [0.2, 0.25) is 5.02 Å². The molecule has 1 heterocycles. The van der Waals surface area contributed by atoms with E-state index in [-0.39, 0.29) is 5.91 Å². The van der Waals surface area contributed by atoms with Crippen LogP contribution in [-0.4, -0.2) is 25.0 Å². The maximum absolute atomic E-state index is 12.5. The van der Waals surface area contributed by atoms with E-state index in [1.807, 2.05) is 36.6 Å². The highest BCUT2D eigenvalue weighted by atomic mass is 35.5. The molecule has 1 amide bonds. The van der Waals surface area contributed by atoms with Crippen molar-refractivity contribution < 1.29 is 9.53 Å². The Balaban J connectivity index is 1.85. The van der Waals surface area contributed by atoms with Gasteiger partial charge in [-0.25, -0.2) is 4.98 Å². The number of halogens is 1. The molecular formula is C19H18ClN3O2S. The van der Waals surface area contributed by atoms with Crippen molar-refractivity contribution in [3.8, 4) is 17.0 Å².